The van der Waals surface area contributed by atoms with Crippen LogP contribution in [0.3, 0.4) is 0 Å². The number of ether oxygens (including phenoxy) is 3. The number of hydrogen-bond acceptors (Lipinski definition) is 4. The molecule has 0 amide bonds. The van der Waals surface area contributed by atoms with Gasteiger partial charge in [0, 0.05) is 16.1 Å². The molecule has 0 radical (unpaired) electrons. The molecule has 3 unspecified atom stereocenters. The van der Waals surface area contributed by atoms with Crippen molar-refractivity contribution >= 4 is 17.6 Å². The van der Waals surface area contributed by atoms with Crippen LogP contribution >= 0.6 is 11.6 Å². The molecular weight excluding hydrogens is 304 g/mol. The highest BCUT2D eigenvalue weighted by Gasteiger charge is 2.43. The molecule has 2 aromatic rings. The molecule has 22 heavy (non-hydrogen) atoms. The van der Waals surface area contributed by atoms with Gasteiger partial charge in [-0.25, -0.2) is 4.79 Å². The first-order valence-corrected chi connectivity index (χ1v) is 7.26. The van der Waals surface area contributed by atoms with E-state index in [1.807, 2.05) is 48.5 Å². The van der Waals surface area contributed by atoms with Crippen molar-refractivity contribution in [3.63, 3.8) is 0 Å². The summed E-state index contributed by atoms with van der Waals surface area (Å²) < 4.78 is 16.5. The van der Waals surface area contributed by atoms with Gasteiger partial charge in [0.05, 0.1) is 7.11 Å². The van der Waals surface area contributed by atoms with Crippen molar-refractivity contribution in [3.8, 4) is 0 Å². The predicted octanol–water partition coefficient (Wildman–Crippen LogP) is 3.67. The summed E-state index contributed by atoms with van der Waals surface area (Å²) in [6.07, 6.45) is -2.09. The maximum atomic E-state index is 12.0. The van der Waals surface area contributed by atoms with Gasteiger partial charge in [-0.15, -0.1) is 0 Å². The van der Waals surface area contributed by atoms with E-state index in [1.165, 1.54) is 7.11 Å². The van der Waals surface area contributed by atoms with E-state index in [0.717, 1.165) is 5.56 Å². The van der Waals surface area contributed by atoms with Crippen LogP contribution < -0.4 is 0 Å². The highest BCUT2D eigenvalue weighted by Crippen LogP contribution is 2.42. The molecule has 1 fully saturated rings. The van der Waals surface area contributed by atoms with Crippen LogP contribution in [-0.2, 0) is 19.0 Å². The van der Waals surface area contributed by atoms with Gasteiger partial charge in [-0.2, -0.15) is 0 Å². The first kappa shape index (κ1) is 15.0. The summed E-state index contributed by atoms with van der Waals surface area (Å²) in [5.41, 5.74) is 1.55. The summed E-state index contributed by atoms with van der Waals surface area (Å²) in [6, 6.07) is 16.7. The van der Waals surface area contributed by atoms with Gasteiger partial charge in [0.15, 0.2) is 12.4 Å². The Labute approximate surface area is 133 Å². The second-order valence-electron chi connectivity index (χ2n) is 4.90. The monoisotopic (exact) mass is 318 g/mol. The van der Waals surface area contributed by atoms with Crippen molar-refractivity contribution in [2.24, 2.45) is 0 Å². The van der Waals surface area contributed by atoms with Crippen molar-refractivity contribution in [3.05, 3.63) is 70.7 Å². The largest absolute Gasteiger partial charge is 0.467 e. The maximum absolute atomic E-state index is 12.0. The van der Waals surface area contributed by atoms with Crippen molar-refractivity contribution in [1.29, 1.82) is 0 Å². The number of halogens is 1. The highest BCUT2D eigenvalue weighted by molar-refractivity contribution is 6.31. The van der Waals surface area contributed by atoms with Crippen LogP contribution in [0.4, 0.5) is 0 Å². The van der Waals surface area contributed by atoms with Crippen molar-refractivity contribution in [2.75, 3.05) is 7.11 Å². The van der Waals surface area contributed by atoms with Gasteiger partial charge >= 0.3 is 5.97 Å². The van der Waals surface area contributed by atoms with Crippen LogP contribution in [0, 0.1) is 0 Å². The molecule has 2 aromatic carbocycles. The predicted molar refractivity (Wildman–Crippen MR) is 81.4 cm³/mol. The first-order valence-electron chi connectivity index (χ1n) is 6.89. The molecule has 1 aliphatic rings. The van der Waals surface area contributed by atoms with E-state index >= 15 is 0 Å². The second-order valence-corrected chi connectivity index (χ2v) is 5.31. The van der Waals surface area contributed by atoms with Gasteiger partial charge in [0.2, 0.25) is 0 Å². The molecule has 5 heteroatoms. The van der Waals surface area contributed by atoms with E-state index in [9.17, 15) is 4.79 Å². The Bertz CT molecular complexity index is 659. The van der Waals surface area contributed by atoms with E-state index in [4.69, 9.17) is 25.8 Å². The van der Waals surface area contributed by atoms with Gasteiger partial charge in [-0.1, -0.05) is 60.1 Å². The fraction of sp³-hybridized carbons (Fsp3) is 0.235. The summed E-state index contributed by atoms with van der Waals surface area (Å²) in [7, 11) is 1.32. The smallest absolute Gasteiger partial charge is 0.338 e. The number of rotatable bonds is 3. The van der Waals surface area contributed by atoms with Gasteiger partial charge in [0.1, 0.15) is 6.10 Å². The van der Waals surface area contributed by atoms with Gasteiger partial charge in [-0.3, -0.25) is 0 Å². The minimum atomic E-state index is -0.852. The normalized spacial score (nSPS) is 24.2. The molecule has 1 heterocycles. The zero-order valence-electron chi connectivity index (χ0n) is 11.9. The third-order valence-corrected chi connectivity index (χ3v) is 3.88. The number of carbonyl (C=O) groups is 1. The summed E-state index contributed by atoms with van der Waals surface area (Å²) in [5.74, 6) is -0.483. The zero-order chi connectivity index (χ0) is 15.5. The van der Waals surface area contributed by atoms with E-state index in [1.54, 1.807) is 6.07 Å². The Morgan fingerprint density at radius 2 is 1.73 bits per heavy atom. The lowest BCUT2D eigenvalue weighted by atomic mass is 10.0. The number of carbonyl (C=O) groups excluding carboxylic acids is 1. The van der Waals surface area contributed by atoms with Crippen LogP contribution in [0.15, 0.2) is 54.6 Å². The SMILES string of the molecule is COC(=O)C1OC(c2ccccc2)OC1c1ccccc1Cl. The molecule has 114 valence electrons. The molecule has 1 aliphatic heterocycles. The van der Waals surface area contributed by atoms with Crippen molar-refractivity contribution < 1.29 is 19.0 Å². The molecule has 3 rings (SSSR count). The van der Waals surface area contributed by atoms with Gasteiger partial charge < -0.3 is 14.2 Å². The Hall–Kier alpha value is -1.88. The van der Waals surface area contributed by atoms with Crippen LogP contribution in [0.5, 0.6) is 0 Å². The first-order chi connectivity index (χ1) is 10.7. The van der Waals surface area contributed by atoms with Crippen molar-refractivity contribution in [1.82, 2.24) is 0 Å². The number of benzene rings is 2. The van der Waals surface area contributed by atoms with Gasteiger partial charge in [0.25, 0.3) is 0 Å². The topological polar surface area (TPSA) is 44.8 Å². The Balaban J connectivity index is 1.93. The third kappa shape index (κ3) is 2.86. The summed E-state index contributed by atoms with van der Waals surface area (Å²) >= 11 is 6.22. The number of esters is 1. The molecular formula is C17H15ClO4. The molecule has 4 nitrogen and oxygen atoms in total. The van der Waals surface area contributed by atoms with E-state index in [-0.39, 0.29) is 0 Å². The fourth-order valence-corrected chi connectivity index (χ4v) is 2.69. The average molecular weight is 319 g/mol. The summed E-state index contributed by atoms with van der Waals surface area (Å²) in [4.78, 5) is 12.0. The van der Waals surface area contributed by atoms with Crippen LogP contribution in [0.25, 0.3) is 0 Å². The van der Waals surface area contributed by atoms with E-state index in [0.29, 0.717) is 10.6 Å². The maximum Gasteiger partial charge on any atom is 0.338 e. The lowest BCUT2D eigenvalue weighted by Gasteiger charge is -2.16. The van der Waals surface area contributed by atoms with E-state index < -0.39 is 24.5 Å². The Morgan fingerprint density at radius 1 is 1.05 bits per heavy atom. The second kappa shape index (κ2) is 6.48. The number of methoxy groups -OCH3 is 1. The molecule has 1 saturated heterocycles. The fourth-order valence-electron chi connectivity index (χ4n) is 2.45. The van der Waals surface area contributed by atoms with Crippen molar-refractivity contribution in [2.45, 2.75) is 18.5 Å². The number of hydrogen-bond donors (Lipinski definition) is 0. The molecule has 0 saturated carbocycles. The molecule has 0 aliphatic carbocycles. The van der Waals surface area contributed by atoms with Gasteiger partial charge in [-0.05, 0) is 6.07 Å². The quantitative estimate of drug-likeness (QED) is 0.810. The van der Waals surface area contributed by atoms with Crippen LogP contribution in [0.1, 0.15) is 23.5 Å². The van der Waals surface area contributed by atoms with Crippen LogP contribution in [-0.4, -0.2) is 19.2 Å². The third-order valence-electron chi connectivity index (χ3n) is 3.53. The zero-order valence-corrected chi connectivity index (χ0v) is 12.7. The highest BCUT2D eigenvalue weighted by atomic mass is 35.5. The molecule has 0 spiro atoms. The minimum absolute atomic E-state index is 0.483. The Morgan fingerprint density at radius 3 is 2.41 bits per heavy atom. The van der Waals surface area contributed by atoms with Crippen LogP contribution in [0.2, 0.25) is 5.02 Å². The molecule has 0 aromatic heterocycles. The lowest BCUT2D eigenvalue weighted by Crippen LogP contribution is -2.27. The Kier molecular flexibility index (Phi) is 4.43. The average Bonchev–Trinajstić information content (AvgIpc) is 3.00. The lowest BCUT2D eigenvalue weighted by molar-refractivity contribution is -0.154. The summed E-state index contributed by atoms with van der Waals surface area (Å²) in [5, 5.41) is 0.527. The molecule has 0 bridgehead atoms. The summed E-state index contributed by atoms with van der Waals surface area (Å²) in [6.45, 7) is 0. The van der Waals surface area contributed by atoms with E-state index in [2.05, 4.69) is 0 Å². The minimum Gasteiger partial charge on any atom is -0.467 e. The molecule has 3 atom stereocenters. The standard InChI is InChI=1S/C17H15ClO4/c1-20-16(19)15-14(12-9-5-6-10-13(12)18)21-17(22-15)11-7-3-2-4-8-11/h2-10,14-15,17H,1H3. The molecule has 0 N–H and O–H groups in total.